The fourth-order valence-corrected chi connectivity index (χ4v) is 1.55. The number of aromatic nitrogens is 3. The van der Waals surface area contributed by atoms with E-state index in [9.17, 15) is 0 Å². The SMILES string of the molecule is CN(C)c1ccnc2c1ncn2N(C)C. The van der Waals surface area contributed by atoms with E-state index >= 15 is 0 Å². The summed E-state index contributed by atoms with van der Waals surface area (Å²) in [6.07, 6.45) is 3.59. The molecule has 0 N–H and O–H groups in total. The third-order valence-corrected chi connectivity index (χ3v) is 2.31. The molecule has 5 heteroatoms. The Kier molecular flexibility index (Phi) is 2.22. The zero-order valence-electron chi connectivity index (χ0n) is 9.47. The fraction of sp³-hybridized carbons (Fsp3) is 0.400. The average molecular weight is 205 g/mol. The van der Waals surface area contributed by atoms with E-state index in [-0.39, 0.29) is 0 Å². The Bertz CT molecular complexity index is 472. The molecule has 0 aliphatic rings. The Morgan fingerprint density at radius 1 is 1.13 bits per heavy atom. The molecular formula is C10H15N5. The lowest BCUT2D eigenvalue weighted by atomic mass is 10.3. The van der Waals surface area contributed by atoms with Gasteiger partial charge in [0.2, 0.25) is 0 Å². The second kappa shape index (κ2) is 3.42. The fourth-order valence-electron chi connectivity index (χ4n) is 1.55. The molecule has 0 saturated heterocycles. The van der Waals surface area contributed by atoms with Gasteiger partial charge in [-0.15, -0.1) is 0 Å². The van der Waals surface area contributed by atoms with Gasteiger partial charge in [0.15, 0.2) is 5.65 Å². The van der Waals surface area contributed by atoms with Crippen LogP contribution in [-0.2, 0) is 0 Å². The van der Waals surface area contributed by atoms with Crippen molar-refractivity contribution in [2.45, 2.75) is 0 Å². The lowest BCUT2D eigenvalue weighted by Gasteiger charge is -2.15. The molecule has 0 atom stereocenters. The highest BCUT2D eigenvalue weighted by atomic mass is 15.5. The summed E-state index contributed by atoms with van der Waals surface area (Å²) in [5.74, 6) is 0. The van der Waals surface area contributed by atoms with Gasteiger partial charge >= 0.3 is 0 Å². The van der Waals surface area contributed by atoms with Gasteiger partial charge in [0.1, 0.15) is 11.8 Å². The largest absolute Gasteiger partial charge is 0.376 e. The van der Waals surface area contributed by atoms with Crippen molar-refractivity contribution in [3.63, 3.8) is 0 Å². The van der Waals surface area contributed by atoms with Gasteiger partial charge in [-0.1, -0.05) is 0 Å². The highest BCUT2D eigenvalue weighted by molar-refractivity contribution is 5.85. The monoisotopic (exact) mass is 205 g/mol. The molecule has 0 amide bonds. The van der Waals surface area contributed by atoms with Gasteiger partial charge in [-0.3, -0.25) is 0 Å². The van der Waals surface area contributed by atoms with Gasteiger partial charge in [-0.25, -0.2) is 14.6 Å². The smallest absolute Gasteiger partial charge is 0.181 e. The summed E-state index contributed by atoms with van der Waals surface area (Å²) in [6.45, 7) is 0. The topological polar surface area (TPSA) is 37.2 Å². The van der Waals surface area contributed by atoms with E-state index in [1.54, 1.807) is 12.5 Å². The lowest BCUT2D eigenvalue weighted by molar-refractivity contribution is 0.745. The average Bonchev–Trinajstić information content (AvgIpc) is 2.59. The Hall–Kier alpha value is -1.78. The van der Waals surface area contributed by atoms with Gasteiger partial charge in [-0.05, 0) is 6.07 Å². The van der Waals surface area contributed by atoms with Crippen molar-refractivity contribution in [2.75, 3.05) is 38.1 Å². The van der Waals surface area contributed by atoms with Gasteiger partial charge in [-0.2, -0.15) is 0 Å². The quantitative estimate of drug-likeness (QED) is 0.723. The lowest BCUT2D eigenvalue weighted by Crippen LogP contribution is -2.24. The summed E-state index contributed by atoms with van der Waals surface area (Å²) >= 11 is 0. The van der Waals surface area contributed by atoms with Crippen LogP contribution >= 0.6 is 0 Å². The molecular weight excluding hydrogens is 190 g/mol. The molecule has 0 saturated carbocycles. The Labute approximate surface area is 88.9 Å². The number of nitrogens with zero attached hydrogens (tertiary/aromatic N) is 5. The molecule has 2 rings (SSSR count). The first-order valence-electron chi connectivity index (χ1n) is 4.78. The first kappa shape index (κ1) is 9.76. The van der Waals surface area contributed by atoms with Crippen molar-refractivity contribution in [2.24, 2.45) is 0 Å². The van der Waals surface area contributed by atoms with Crippen LogP contribution in [0.4, 0.5) is 5.69 Å². The number of pyridine rings is 1. The van der Waals surface area contributed by atoms with Crippen LogP contribution in [0, 0.1) is 0 Å². The van der Waals surface area contributed by atoms with E-state index in [1.807, 2.05) is 48.8 Å². The Morgan fingerprint density at radius 3 is 2.47 bits per heavy atom. The summed E-state index contributed by atoms with van der Waals surface area (Å²) in [4.78, 5) is 10.8. The van der Waals surface area contributed by atoms with Crippen LogP contribution < -0.4 is 9.91 Å². The maximum Gasteiger partial charge on any atom is 0.181 e. The van der Waals surface area contributed by atoms with Crippen LogP contribution in [0.3, 0.4) is 0 Å². The van der Waals surface area contributed by atoms with Crippen LogP contribution in [0.15, 0.2) is 18.6 Å². The molecule has 0 spiro atoms. The first-order chi connectivity index (χ1) is 7.11. The predicted molar refractivity (Wildman–Crippen MR) is 61.9 cm³/mol. The molecule has 2 aromatic rings. The van der Waals surface area contributed by atoms with Crippen molar-refractivity contribution >= 4 is 16.9 Å². The first-order valence-corrected chi connectivity index (χ1v) is 4.78. The highest BCUT2D eigenvalue weighted by Gasteiger charge is 2.10. The minimum atomic E-state index is 0.881. The number of rotatable bonds is 2. The van der Waals surface area contributed by atoms with Crippen LogP contribution in [0.2, 0.25) is 0 Å². The second-order valence-electron chi connectivity index (χ2n) is 3.83. The van der Waals surface area contributed by atoms with E-state index in [4.69, 9.17) is 0 Å². The van der Waals surface area contributed by atoms with Crippen molar-refractivity contribution in [3.8, 4) is 0 Å². The van der Waals surface area contributed by atoms with E-state index in [1.165, 1.54) is 0 Å². The molecule has 0 radical (unpaired) electrons. The molecule has 2 heterocycles. The molecule has 80 valence electrons. The molecule has 0 aromatic carbocycles. The zero-order chi connectivity index (χ0) is 11.0. The van der Waals surface area contributed by atoms with Gasteiger partial charge < -0.3 is 9.91 Å². The summed E-state index contributed by atoms with van der Waals surface area (Å²) in [7, 11) is 7.93. The molecule has 0 aliphatic carbocycles. The molecule has 0 bridgehead atoms. The number of hydrogen-bond donors (Lipinski definition) is 0. The molecule has 2 aromatic heterocycles. The van der Waals surface area contributed by atoms with Crippen LogP contribution in [0.1, 0.15) is 0 Å². The molecule has 5 nitrogen and oxygen atoms in total. The number of fused-ring (bicyclic) bond motifs is 1. The maximum atomic E-state index is 4.38. The van der Waals surface area contributed by atoms with Crippen molar-refractivity contribution in [3.05, 3.63) is 18.6 Å². The number of imidazole rings is 1. The normalized spacial score (nSPS) is 10.7. The van der Waals surface area contributed by atoms with E-state index in [2.05, 4.69) is 9.97 Å². The highest BCUT2D eigenvalue weighted by Crippen LogP contribution is 2.21. The predicted octanol–water partition coefficient (Wildman–Crippen LogP) is 0.695. The summed E-state index contributed by atoms with van der Waals surface area (Å²) in [6, 6.07) is 1.97. The van der Waals surface area contributed by atoms with Crippen LogP contribution in [0.5, 0.6) is 0 Å². The zero-order valence-corrected chi connectivity index (χ0v) is 9.47. The van der Waals surface area contributed by atoms with Crippen molar-refractivity contribution < 1.29 is 0 Å². The summed E-state index contributed by atoms with van der Waals surface area (Å²) < 4.78 is 1.92. The minimum Gasteiger partial charge on any atom is -0.376 e. The van der Waals surface area contributed by atoms with Gasteiger partial charge in [0.05, 0.1) is 5.69 Å². The molecule has 0 aliphatic heterocycles. The molecule has 15 heavy (non-hydrogen) atoms. The van der Waals surface area contributed by atoms with Crippen LogP contribution in [0.25, 0.3) is 11.2 Å². The molecule has 0 fully saturated rings. The van der Waals surface area contributed by atoms with Gasteiger partial charge in [0.25, 0.3) is 0 Å². The minimum absolute atomic E-state index is 0.881. The summed E-state index contributed by atoms with van der Waals surface area (Å²) in [5.41, 5.74) is 2.89. The van der Waals surface area contributed by atoms with E-state index in [0.717, 1.165) is 16.9 Å². The maximum absolute atomic E-state index is 4.38. The number of hydrogen-bond acceptors (Lipinski definition) is 4. The second-order valence-corrected chi connectivity index (χ2v) is 3.83. The van der Waals surface area contributed by atoms with E-state index < -0.39 is 0 Å². The third kappa shape index (κ3) is 1.49. The summed E-state index contributed by atoms with van der Waals surface area (Å²) in [5, 5.41) is 1.95. The Morgan fingerprint density at radius 2 is 1.87 bits per heavy atom. The van der Waals surface area contributed by atoms with Gasteiger partial charge in [0, 0.05) is 34.4 Å². The van der Waals surface area contributed by atoms with Crippen molar-refractivity contribution in [1.82, 2.24) is 14.6 Å². The number of anilines is 1. The standard InChI is InChI=1S/C10H15N5/c1-13(2)8-5-6-11-10-9(8)12-7-15(10)14(3)4/h5-7H,1-4H3. The van der Waals surface area contributed by atoms with E-state index in [0.29, 0.717) is 0 Å². The van der Waals surface area contributed by atoms with Crippen molar-refractivity contribution in [1.29, 1.82) is 0 Å². The third-order valence-electron chi connectivity index (χ3n) is 2.31. The molecule has 0 unspecified atom stereocenters. The van der Waals surface area contributed by atoms with Crippen LogP contribution in [-0.4, -0.2) is 42.8 Å². The Balaban J connectivity index is 2.69.